The molecule has 2 N–H and O–H groups in total. The molecule has 2 rings (SSSR count). The minimum Gasteiger partial charge on any atom is -0.324 e. The zero-order valence-electron chi connectivity index (χ0n) is 7.27. The van der Waals surface area contributed by atoms with Crippen molar-refractivity contribution in [3.05, 3.63) is 34.3 Å². The molecular weight excluding hydrogens is 246 g/mol. The number of hydrogen-bond acceptors (Lipinski definition) is 3. The molecule has 2 aromatic heterocycles. The summed E-state index contributed by atoms with van der Waals surface area (Å²) in [5.41, 5.74) is 6.71. The van der Waals surface area contributed by atoms with Crippen molar-refractivity contribution in [3.8, 4) is 0 Å². The van der Waals surface area contributed by atoms with E-state index >= 15 is 0 Å². The molecular formula is C9H8BrN3O. The molecule has 0 fully saturated rings. The van der Waals surface area contributed by atoms with Gasteiger partial charge in [-0.2, -0.15) is 0 Å². The maximum Gasteiger partial charge on any atom is 0.170 e. The van der Waals surface area contributed by atoms with Crippen LogP contribution in [0.5, 0.6) is 0 Å². The van der Waals surface area contributed by atoms with Crippen molar-refractivity contribution < 1.29 is 4.79 Å². The molecule has 2 aromatic rings. The van der Waals surface area contributed by atoms with Crippen LogP contribution in [0.3, 0.4) is 0 Å². The Morgan fingerprint density at radius 1 is 1.64 bits per heavy atom. The second-order valence-electron chi connectivity index (χ2n) is 2.84. The number of nitrogens with two attached hydrogens (primary N) is 1. The lowest BCUT2D eigenvalue weighted by molar-refractivity contribution is 0.112. The van der Waals surface area contributed by atoms with Gasteiger partial charge >= 0.3 is 0 Å². The Hall–Kier alpha value is -1.20. The van der Waals surface area contributed by atoms with Gasteiger partial charge in [-0.15, -0.1) is 0 Å². The molecule has 0 aromatic carbocycles. The van der Waals surface area contributed by atoms with E-state index in [2.05, 4.69) is 20.9 Å². The predicted octanol–water partition coefficient (Wildman–Crippen LogP) is 1.37. The standard InChI is InChI=1S/C9H8BrN3O/c10-6-1-2-13-8(3-6)7(5-14)12-9(13)4-11/h1-3,5H,4,11H2. The van der Waals surface area contributed by atoms with Gasteiger partial charge in [-0.25, -0.2) is 4.98 Å². The van der Waals surface area contributed by atoms with Gasteiger partial charge in [-0.05, 0) is 12.1 Å². The minimum atomic E-state index is 0.316. The van der Waals surface area contributed by atoms with Gasteiger partial charge in [-0.3, -0.25) is 4.79 Å². The van der Waals surface area contributed by atoms with Crippen LogP contribution in [-0.4, -0.2) is 15.7 Å². The number of carbonyl (C=O) groups is 1. The van der Waals surface area contributed by atoms with Gasteiger partial charge < -0.3 is 10.1 Å². The summed E-state index contributed by atoms with van der Waals surface area (Å²) in [4.78, 5) is 14.8. The second kappa shape index (κ2) is 3.51. The first-order chi connectivity index (χ1) is 6.76. The quantitative estimate of drug-likeness (QED) is 0.823. The third-order valence-corrected chi connectivity index (χ3v) is 2.49. The van der Waals surface area contributed by atoms with Crippen molar-refractivity contribution in [2.24, 2.45) is 5.73 Å². The normalized spacial score (nSPS) is 10.7. The summed E-state index contributed by atoms with van der Waals surface area (Å²) in [5, 5.41) is 0. The largest absolute Gasteiger partial charge is 0.324 e. The molecule has 0 amide bonds. The summed E-state index contributed by atoms with van der Waals surface area (Å²) < 4.78 is 2.73. The molecule has 0 spiro atoms. The molecule has 4 nitrogen and oxygen atoms in total. The molecule has 0 atom stereocenters. The number of halogens is 1. The molecule has 0 unspecified atom stereocenters. The van der Waals surface area contributed by atoms with Crippen LogP contribution in [0.1, 0.15) is 16.3 Å². The van der Waals surface area contributed by atoms with E-state index in [1.807, 2.05) is 22.7 Å². The summed E-state index contributed by atoms with van der Waals surface area (Å²) in [6.07, 6.45) is 2.57. The number of hydrogen-bond donors (Lipinski definition) is 1. The van der Waals surface area contributed by atoms with Crippen molar-refractivity contribution in [3.63, 3.8) is 0 Å². The van der Waals surface area contributed by atoms with Crippen molar-refractivity contribution in [2.45, 2.75) is 6.54 Å². The molecule has 0 aliphatic heterocycles. The number of carbonyl (C=O) groups excluding carboxylic acids is 1. The van der Waals surface area contributed by atoms with Gasteiger partial charge in [0, 0.05) is 10.7 Å². The summed E-state index contributed by atoms with van der Waals surface area (Å²) in [5.74, 6) is 0.689. The third kappa shape index (κ3) is 1.34. The Labute approximate surface area is 88.9 Å². The maximum absolute atomic E-state index is 10.7. The number of imidazole rings is 1. The van der Waals surface area contributed by atoms with Crippen LogP contribution in [0.25, 0.3) is 5.52 Å². The molecule has 0 saturated heterocycles. The number of fused-ring (bicyclic) bond motifs is 1. The number of nitrogens with zero attached hydrogens (tertiary/aromatic N) is 2. The van der Waals surface area contributed by atoms with E-state index in [0.29, 0.717) is 18.1 Å². The number of aromatic nitrogens is 2. The zero-order chi connectivity index (χ0) is 10.1. The van der Waals surface area contributed by atoms with Crippen LogP contribution < -0.4 is 5.73 Å². The average Bonchev–Trinajstić information content (AvgIpc) is 2.55. The van der Waals surface area contributed by atoms with Crippen molar-refractivity contribution in [1.29, 1.82) is 0 Å². The minimum absolute atomic E-state index is 0.316. The van der Waals surface area contributed by atoms with Crippen molar-refractivity contribution in [2.75, 3.05) is 0 Å². The van der Waals surface area contributed by atoms with Crippen molar-refractivity contribution >= 4 is 27.7 Å². The first-order valence-electron chi connectivity index (χ1n) is 4.08. The van der Waals surface area contributed by atoms with Crippen molar-refractivity contribution in [1.82, 2.24) is 9.38 Å². The van der Waals surface area contributed by atoms with Gasteiger partial charge in [0.05, 0.1) is 12.1 Å². The fourth-order valence-electron chi connectivity index (χ4n) is 1.38. The summed E-state index contributed by atoms with van der Waals surface area (Å²) in [7, 11) is 0. The fourth-order valence-corrected chi connectivity index (χ4v) is 1.71. The Morgan fingerprint density at radius 3 is 3.07 bits per heavy atom. The molecule has 2 heterocycles. The van der Waals surface area contributed by atoms with Gasteiger partial charge in [-0.1, -0.05) is 15.9 Å². The molecule has 0 radical (unpaired) electrons. The zero-order valence-corrected chi connectivity index (χ0v) is 8.86. The van der Waals surface area contributed by atoms with Gasteiger partial charge in [0.25, 0.3) is 0 Å². The molecule has 0 aliphatic rings. The number of pyridine rings is 1. The summed E-state index contributed by atoms with van der Waals surface area (Å²) in [6.45, 7) is 0.316. The van der Waals surface area contributed by atoms with E-state index in [1.54, 1.807) is 0 Å². The fraction of sp³-hybridized carbons (Fsp3) is 0.111. The van der Waals surface area contributed by atoms with E-state index in [1.165, 1.54) is 0 Å². The molecule has 72 valence electrons. The Bertz CT molecular complexity index is 492. The highest BCUT2D eigenvalue weighted by Gasteiger charge is 2.08. The summed E-state index contributed by atoms with van der Waals surface area (Å²) in [6, 6.07) is 3.72. The molecule has 14 heavy (non-hydrogen) atoms. The van der Waals surface area contributed by atoms with Gasteiger partial charge in [0.1, 0.15) is 11.5 Å². The highest BCUT2D eigenvalue weighted by atomic mass is 79.9. The highest BCUT2D eigenvalue weighted by molar-refractivity contribution is 9.10. The number of rotatable bonds is 2. The lowest BCUT2D eigenvalue weighted by Crippen LogP contribution is -2.01. The second-order valence-corrected chi connectivity index (χ2v) is 3.75. The van der Waals surface area contributed by atoms with E-state index < -0.39 is 0 Å². The van der Waals surface area contributed by atoms with Crippen LogP contribution in [0.2, 0.25) is 0 Å². The topological polar surface area (TPSA) is 60.4 Å². The smallest absolute Gasteiger partial charge is 0.170 e. The maximum atomic E-state index is 10.7. The summed E-state index contributed by atoms with van der Waals surface area (Å²) >= 11 is 3.34. The highest BCUT2D eigenvalue weighted by Crippen LogP contribution is 2.17. The van der Waals surface area contributed by atoms with Gasteiger partial charge in [0.2, 0.25) is 0 Å². The molecule has 5 heteroatoms. The Morgan fingerprint density at radius 2 is 2.43 bits per heavy atom. The van der Waals surface area contributed by atoms with E-state index in [9.17, 15) is 4.79 Å². The van der Waals surface area contributed by atoms with Crippen LogP contribution in [0.4, 0.5) is 0 Å². The van der Waals surface area contributed by atoms with Crippen LogP contribution in [-0.2, 0) is 6.54 Å². The Kier molecular flexibility index (Phi) is 2.35. The number of aldehydes is 1. The SMILES string of the molecule is NCc1nc(C=O)c2cc(Br)ccn12. The lowest BCUT2D eigenvalue weighted by Gasteiger charge is -1.97. The monoisotopic (exact) mass is 253 g/mol. The third-order valence-electron chi connectivity index (χ3n) is 2.00. The van der Waals surface area contributed by atoms with Crippen LogP contribution in [0.15, 0.2) is 22.8 Å². The predicted molar refractivity (Wildman–Crippen MR) is 56.2 cm³/mol. The average molecular weight is 254 g/mol. The van der Waals surface area contributed by atoms with Crippen LogP contribution in [0, 0.1) is 0 Å². The first kappa shape index (κ1) is 9.36. The van der Waals surface area contributed by atoms with E-state index in [0.717, 1.165) is 16.3 Å². The molecule has 0 bridgehead atoms. The molecule has 0 saturated carbocycles. The Balaban J connectivity index is 2.82. The van der Waals surface area contributed by atoms with Crippen LogP contribution >= 0.6 is 15.9 Å². The molecule has 0 aliphatic carbocycles. The van der Waals surface area contributed by atoms with E-state index in [-0.39, 0.29) is 0 Å². The lowest BCUT2D eigenvalue weighted by atomic mass is 10.3. The van der Waals surface area contributed by atoms with E-state index in [4.69, 9.17) is 5.73 Å². The van der Waals surface area contributed by atoms with Gasteiger partial charge in [0.15, 0.2) is 6.29 Å². The first-order valence-corrected chi connectivity index (χ1v) is 4.87.